The van der Waals surface area contributed by atoms with Crippen molar-refractivity contribution in [3.63, 3.8) is 0 Å². The highest BCUT2D eigenvalue weighted by atomic mass is 35.5. The van der Waals surface area contributed by atoms with E-state index in [-0.39, 0.29) is 0 Å². The van der Waals surface area contributed by atoms with Crippen LogP contribution in [0.25, 0.3) is 0 Å². The summed E-state index contributed by atoms with van der Waals surface area (Å²) < 4.78 is 4.68. The SMILES string of the molecule is COC(=O)c1cc(C#N)c(Sc2ccc(Cl)cc2)nc1C. The molecule has 0 saturated carbocycles. The summed E-state index contributed by atoms with van der Waals surface area (Å²) in [5, 5.41) is 10.4. The molecule has 1 heterocycles. The molecule has 1 aromatic heterocycles. The maximum atomic E-state index is 11.6. The Hall–Kier alpha value is -2.03. The van der Waals surface area contributed by atoms with Crippen molar-refractivity contribution in [3.05, 3.63) is 52.2 Å². The van der Waals surface area contributed by atoms with Gasteiger partial charge in [-0.15, -0.1) is 0 Å². The fraction of sp³-hybridized carbons (Fsp3) is 0.133. The van der Waals surface area contributed by atoms with Crippen LogP contribution in [0, 0.1) is 18.3 Å². The molecule has 0 fully saturated rings. The second kappa shape index (κ2) is 6.61. The molecule has 0 unspecified atom stereocenters. The maximum Gasteiger partial charge on any atom is 0.339 e. The predicted molar refractivity (Wildman–Crippen MR) is 80.6 cm³/mol. The number of nitrogens with zero attached hydrogens (tertiary/aromatic N) is 2. The van der Waals surface area contributed by atoms with Crippen LogP contribution >= 0.6 is 23.4 Å². The van der Waals surface area contributed by atoms with Crippen molar-refractivity contribution in [2.75, 3.05) is 7.11 Å². The number of benzene rings is 1. The Bertz CT molecular complexity index is 724. The minimum atomic E-state index is -0.500. The summed E-state index contributed by atoms with van der Waals surface area (Å²) in [6.07, 6.45) is 0. The van der Waals surface area contributed by atoms with Crippen molar-refractivity contribution >= 4 is 29.3 Å². The van der Waals surface area contributed by atoms with Crippen molar-refractivity contribution in [1.29, 1.82) is 5.26 Å². The fourth-order valence-corrected chi connectivity index (χ4v) is 2.69. The molecule has 21 heavy (non-hydrogen) atoms. The molecule has 6 heteroatoms. The van der Waals surface area contributed by atoms with E-state index in [1.165, 1.54) is 24.9 Å². The third-order valence-corrected chi connectivity index (χ3v) is 4.00. The van der Waals surface area contributed by atoms with Crippen LogP contribution < -0.4 is 0 Å². The largest absolute Gasteiger partial charge is 0.465 e. The molecular formula is C15H11ClN2O2S. The van der Waals surface area contributed by atoms with Gasteiger partial charge in [0.2, 0.25) is 0 Å². The van der Waals surface area contributed by atoms with E-state index < -0.39 is 5.97 Å². The molecular weight excluding hydrogens is 308 g/mol. The smallest absolute Gasteiger partial charge is 0.339 e. The number of rotatable bonds is 3. The summed E-state index contributed by atoms with van der Waals surface area (Å²) in [6, 6.07) is 10.8. The first kappa shape index (κ1) is 15.4. The highest BCUT2D eigenvalue weighted by Crippen LogP contribution is 2.30. The van der Waals surface area contributed by atoms with E-state index in [0.717, 1.165) is 4.90 Å². The first-order valence-corrected chi connectivity index (χ1v) is 7.18. The molecule has 1 aromatic carbocycles. The zero-order valence-corrected chi connectivity index (χ0v) is 13.0. The summed E-state index contributed by atoms with van der Waals surface area (Å²) in [6.45, 7) is 1.71. The number of pyridine rings is 1. The lowest BCUT2D eigenvalue weighted by Gasteiger charge is -2.08. The van der Waals surface area contributed by atoms with E-state index in [9.17, 15) is 10.1 Å². The molecule has 0 aliphatic heterocycles. The minimum absolute atomic E-state index is 0.300. The monoisotopic (exact) mass is 318 g/mol. The number of halogens is 1. The van der Waals surface area contributed by atoms with Gasteiger partial charge in [0.25, 0.3) is 0 Å². The van der Waals surface area contributed by atoms with Gasteiger partial charge in [0.15, 0.2) is 0 Å². The Kier molecular flexibility index (Phi) is 4.84. The van der Waals surface area contributed by atoms with Crippen molar-refractivity contribution in [1.82, 2.24) is 4.98 Å². The summed E-state index contributed by atoms with van der Waals surface area (Å²) in [5.74, 6) is -0.500. The Balaban J connectivity index is 2.40. The Morgan fingerprint density at radius 2 is 2.05 bits per heavy atom. The van der Waals surface area contributed by atoms with E-state index >= 15 is 0 Å². The standard InChI is InChI=1S/C15H11ClN2O2S/c1-9-13(15(19)20-2)7-10(8-17)14(18-9)21-12-5-3-11(16)4-6-12/h3-7H,1-2H3. The first-order chi connectivity index (χ1) is 10.0. The van der Waals surface area contributed by atoms with Gasteiger partial charge in [-0.3, -0.25) is 0 Å². The van der Waals surface area contributed by atoms with Crippen molar-refractivity contribution in [2.24, 2.45) is 0 Å². The van der Waals surface area contributed by atoms with E-state index in [4.69, 9.17) is 11.6 Å². The van der Waals surface area contributed by atoms with Gasteiger partial charge in [-0.1, -0.05) is 23.4 Å². The number of carbonyl (C=O) groups excluding carboxylic acids is 1. The number of hydrogen-bond donors (Lipinski definition) is 0. The summed E-state index contributed by atoms with van der Waals surface area (Å²) in [5.41, 5.74) is 1.16. The van der Waals surface area contributed by atoms with Crippen LogP contribution in [0.2, 0.25) is 5.02 Å². The van der Waals surface area contributed by atoms with Crippen molar-refractivity contribution < 1.29 is 9.53 Å². The Morgan fingerprint density at radius 1 is 1.38 bits per heavy atom. The number of esters is 1. The second-order valence-corrected chi connectivity index (χ2v) is 5.63. The molecule has 0 amide bonds. The number of carbonyl (C=O) groups is 1. The van der Waals surface area contributed by atoms with Crippen LogP contribution in [0.15, 0.2) is 40.3 Å². The van der Waals surface area contributed by atoms with Gasteiger partial charge in [0.05, 0.1) is 23.9 Å². The fourth-order valence-electron chi connectivity index (χ4n) is 1.67. The molecule has 4 nitrogen and oxygen atoms in total. The molecule has 0 spiro atoms. The van der Waals surface area contributed by atoms with Crippen LogP contribution in [0.1, 0.15) is 21.6 Å². The Morgan fingerprint density at radius 3 is 2.62 bits per heavy atom. The molecule has 0 aliphatic rings. The lowest BCUT2D eigenvalue weighted by atomic mass is 10.1. The highest BCUT2D eigenvalue weighted by molar-refractivity contribution is 7.99. The number of aromatic nitrogens is 1. The first-order valence-electron chi connectivity index (χ1n) is 5.98. The quantitative estimate of drug-likeness (QED) is 0.804. The zero-order valence-electron chi connectivity index (χ0n) is 11.4. The highest BCUT2D eigenvalue weighted by Gasteiger charge is 2.16. The summed E-state index contributed by atoms with van der Waals surface area (Å²) in [7, 11) is 1.30. The van der Waals surface area contributed by atoms with Crippen molar-refractivity contribution in [2.45, 2.75) is 16.8 Å². The van der Waals surface area contributed by atoms with Gasteiger partial charge >= 0.3 is 5.97 Å². The lowest BCUT2D eigenvalue weighted by Crippen LogP contribution is -2.07. The normalized spacial score (nSPS) is 10.0. The third kappa shape index (κ3) is 3.54. The van der Waals surface area contributed by atoms with Gasteiger partial charge in [-0.25, -0.2) is 9.78 Å². The number of ether oxygens (including phenoxy) is 1. The molecule has 0 bridgehead atoms. The predicted octanol–water partition coefficient (Wildman–Crippen LogP) is 3.85. The van der Waals surface area contributed by atoms with Gasteiger partial charge in [-0.2, -0.15) is 5.26 Å². The van der Waals surface area contributed by atoms with Crippen LogP contribution in [0.4, 0.5) is 0 Å². The van der Waals surface area contributed by atoms with E-state index in [2.05, 4.69) is 15.8 Å². The van der Waals surface area contributed by atoms with Crippen molar-refractivity contribution in [3.8, 4) is 6.07 Å². The zero-order chi connectivity index (χ0) is 15.4. The molecule has 0 aliphatic carbocycles. The molecule has 0 radical (unpaired) electrons. The average Bonchev–Trinajstić information content (AvgIpc) is 2.49. The molecule has 2 rings (SSSR count). The number of methoxy groups -OCH3 is 1. The maximum absolute atomic E-state index is 11.6. The van der Waals surface area contributed by atoms with E-state index in [0.29, 0.717) is 26.9 Å². The van der Waals surface area contributed by atoms with E-state index in [1.807, 2.05) is 12.1 Å². The Labute approximate surface area is 131 Å². The van der Waals surface area contributed by atoms with E-state index in [1.54, 1.807) is 19.1 Å². The number of hydrogen-bond acceptors (Lipinski definition) is 5. The van der Waals surface area contributed by atoms with Gasteiger partial charge in [0, 0.05) is 9.92 Å². The summed E-state index contributed by atoms with van der Waals surface area (Å²) in [4.78, 5) is 16.9. The topological polar surface area (TPSA) is 63.0 Å². The molecule has 0 N–H and O–H groups in total. The van der Waals surface area contributed by atoms with Crippen LogP contribution in [-0.2, 0) is 4.74 Å². The summed E-state index contributed by atoms with van der Waals surface area (Å²) >= 11 is 7.19. The number of nitriles is 1. The van der Waals surface area contributed by atoms with Crippen LogP contribution in [0.5, 0.6) is 0 Å². The lowest BCUT2D eigenvalue weighted by molar-refractivity contribution is 0.0599. The molecule has 0 atom stereocenters. The van der Waals surface area contributed by atoms with Crippen LogP contribution in [-0.4, -0.2) is 18.1 Å². The number of aryl methyl sites for hydroxylation is 1. The molecule has 106 valence electrons. The third-order valence-electron chi connectivity index (χ3n) is 2.73. The van der Waals surface area contributed by atoms with Gasteiger partial charge in [-0.05, 0) is 37.3 Å². The van der Waals surface area contributed by atoms with Gasteiger partial charge in [0.1, 0.15) is 11.1 Å². The molecule has 2 aromatic rings. The van der Waals surface area contributed by atoms with Crippen LogP contribution in [0.3, 0.4) is 0 Å². The second-order valence-electron chi connectivity index (χ2n) is 4.13. The minimum Gasteiger partial charge on any atom is -0.465 e. The average molecular weight is 319 g/mol. The van der Waals surface area contributed by atoms with Gasteiger partial charge < -0.3 is 4.74 Å². The molecule has 0 saturated heterocycles.